The number of benzene rings is 1. The van der Waals surface area contributed by atoms with Gasteiger partial charge in [-0.25, -0.2) is 4.79 Å². The number of aryl methyl sites for hydroxylation is 2. The molecule has 1 aromatic carbocycles. The number of anilines is 2. The second kappa shape index (κ2) is 5.43. The monoisotopic (exact) mass is 272 g/mol. The van der Waals surface area contributed by atoms with E-state index in [1.54, 1.807) is 13.1 Å². The molecule has 5 N–H and O–H groups in total. The SMILES string of the molecule is Cc1cccc(NC(=O)Nc2c(C(=N)N)cnn2C)c1. The van der Waals surface area contributed by atoms with E-state index < -0.39 is 6.03 Å². The Morgan fingerprint density at radius 1 is 1.40 bits per heavy atom. The average molecular weight is 272 g/mol. The molecule has 2 aromatic rings. The lowest BCUT2D eigenvalue weighted by Crippen LogP contribution is -2.23. The van der Waals surface area contributed by atoms with Crippen LogP contribution in [-0.2, 0) is 7.05 Å². The number of nitrogens with zero attached hydrogens (tertiary/aromatic N) is 2. The van der Waals surface area contributed by atoms with Crippen molar-refractivity contribution < 1.29 is 4.79 Å². The van der Waals surface area contributed by atoms with Crippen molar-refractivity contribution in [1.82, 2.24) is 9.78 Å². The highest BCUT2D eigenvalue weighted by Crippen LogP contribution is 2.14. The van der Waals surface area contributed by atoms with Gasteiger partial charge < -0.3 is 11.1 Å². The lowest BCUT2D eigenvalue weighted by Gasteiger charge is -2.09. The molecular formula is C13H16N6O. The number of rotatable bonds is 3. The maximum atomic E-state index is 11.9. The Balaban J connectivity index is 2.12. The van der Waals surface area contributed by atoms with E-state index in [0.717, 1.165) is 5.56 Å². The molecule has 7 heteroatoms. The summed E-state index contributed by atoms with van der Waals surface area (Å²) in [6.45, 7) is 1.94. The van der Waals surface area contributed by atoms with Crippen molar-refractivity contribution >= 4 is 23.4 Å². The summed E-state index contributed by atoms with van der Waals surface area (Å²) >= 11 is 0. The molecule has 1 aromatic heterocycles. The largest absolute Gasteiger partial charge is 0.384 e. The number of carbonyl (C=O) groups excluding carboxylic acids is 1. The number of urea groups is 1. The maximum absolute atomic E-state index is 11.9. The number of amides is 2. The molecule has 2 amide bonds. The molecule has 7 nitrogen and oxygen atoms in total. The van der Waals surface area contributed by atoms with Crippen LogP contribution in [-0.4, -0.2) is 21.6 Å². The van der Waals surface area contributed by atoms with E-state index in [1.807, 2.05) is 25.1 Å². The first-order valence-corrected chi connectivity index (χ1v) is 5.98. The minimum atomic E-state index is -0.415. The molecule has 0 bridgehead atoms. The van der Waals surface area contributed by atoms with Crippen molar-refractivity contribution in [2.45, 2.75) is 6.92 Å². The Hall–Kier alpha value is -2.83. The average Bonchev–Trinajstić information content (AvgIpc) is 2.71. The van der Waals surface area contributed by atoms with Crippen LogP contribution in [0.5, 0.6) is 0 Å². The Kier molecular flexibility index (Phi) is 3.69. The maximum Gasteiger partial charge on any atom is 0.324 e. The van der Waals surface area contributed by atoms with Crippen molar-refractivity contribution in [3.8, 4) is 0 Å². The lowest BCUT2D eigenvalue weighted by atomic mass is 10.2. The van der Waals surface area contributed by atoms with Crippen LogP contribution in [0.4, 0.5) is 16.3 Å². The second-order valence-electron chi connectivity index (χ2n) is 4.39. The Labute approximate surface area is 116 Å². The molecule has 0 aliphatic carbocycles. The molecule has 0 saturated heterocycles. The molecule has 0 unspecified atom stereocenters. The molecule has 0 radical (unpaired) electrons. The highest BCUT2D eigenvalue weighted by molar-refractivity contribution is 6.05. The number of nitrogens with two attached hydrogens (primary N) is 1. The van der Waals surface area contributed by atoms with E-state index in [9.17, 15) is 4.79 Å². The predicted octanol–water partition coefficient (Wildman–Crippen LogP) is 1.66. The van der Waals surface area contributed by atoms with Gasteiger partial charge in [0.15, 0.2) is 0 Å². The van der Waals surface area contributed by atoms with Crippen LogP contribution in [0.15, 0.2) is 30.5 Å². The fourth-order valence-corrected chi connectivity index (χ4v) is 1.78. The highest BCUT2D eigenvalue weighted by Gasteiger charge is 2.13. The zero-order chi connectivity index (χ0) is 14.7. The number of nitrogen functional groups attached to an aromatic ring is 1. The summed E-state index contributed by atoms with van der Waals surface area (Å²) in [4.78, 5) is 11.9. The van der Waals surface area contributed by atoms with Crippen molar-refractivity contribution in [2.24, 2.45) is 12.8 Å². The third-order valence-electron chi connectivity index (χ3n) is 2.74. The van der Waals surface area contributed by atoms with E-state index in [0.29, 0.717) is 17.1 Å². The van der Waals surface area contributed by atoms with E-state index in [4.69, 9.17) is 11.1 Å². The van der Waals surface area contributed by atoms with Crippen molar-refractivity contribution in [1.29, 1.82) is 5.41 Å². The number of aromatic nitrogens is 2. The van der Waals surface area contributed by atoms with Crippen LogP contribution in [0.3, 0.4) is 0 Å². The van der Waals surface area contributed by atoms with Gasteiger partial charge in [-0.1, -0.05) is 12.1 Å². The first-order valence-electron chi connectivity index (χ1n) is 5.98. The van der Waals surface area contributed by atoms with E-state index in [-0.39, 0.29) is 5.84 Å². The van der Waals surface area contributed by atoms with Crippen LogP contribution >= 0.6 is 0 Å². The predicted molar refractivity (Wildman–Crippen MR) is 78.0 cm³/mol. The Bertz CT molecular complexity index is 661. The van der Waals surface area contributed by atoms with Crippen molar-refractivity contribution in [2.75, 3.05) is 10.6 Å². The van der Waals surface area contributed by atoms with Gasteiger partial charge in [0.1, 0.15) is 11.7 Å². The summed E-state index contributed by atoms with van der Waals surface area (Å²) in [6, 6.07) is 7.03. The van der Waals surface area contributed by atoms with Gasteiger partial charge in [-0.3, -0.25) is 15.4 Å². The molecule has 0 atom stereocenters. The van der Waals surface area contributed by atoms with Crippen molar-refractivity contribution in [3.05, 3.63) is 41.6 Å². The van der Waals surface area contributed by atoms with Gasteiger partial charge in [0.05, 0.1) is 11.8 Å². The third kappa shape index (κ3) is 2.94. The first-order chi connectivity index (χ1) is 9.47. The highest BCUT2D eigenvalue weighted by atomic mass is 16.2. The summed E-state index contributed by atoms with van der Waals surface area (Å²) in [7, 11) is 1.66. The molecule has 0 aliphatic rings. The van der Waals surface area contributed by atoms with Gasteiger partial charge in [0, 0.05) is 12.7 Å². The van der Waals surface area contributed by atoms with Crippen LogP contribution < -0.4 is 16.4 Å². The van der Waals surface area contributed by atoms with Crippen LogP contribution in [0.25, 0.3) is 0 Å². The molecule has 0 fully saturated rings. The smallest absolute Gasteiger partial charge is 0.324 e. The zero-order valence-electron chi connectivity index (χ0n) is 11.3. The fourth-order valence-electron chi connectivity index (χ4n) is 1.78. The number of carbonyl (C=O) groups is 1. The van der Waals surface area contributed by atoms with Gasteiger partial charge in [-0.05, 0) is 24.6 Å². The Morgan fingerprint density at radius 3 is 2.80 bits per heavy atom. The normalized spacial score (nSPS) is 10.1. The summed E-state index contributed by atoms with van der Waals surface area (Å²) in [6.07, 6.45) is 1.44. The van der Waals surface area contributed by atoms with Gasteiger partial charge >= 0.3 is 6.03 Å². The fraction of sp³-hybridized carbons (Fsp3) is 0.154. The molecule has 20 heavy (non-hydrogen) atoms. The van der Waals surface area contributed by atoms with E-state index >= 15 is 0 Å². The molecule has 2 rings (SSSR count). The summed E-state index contributed by atoms with van der Waals surface area (Å²) in [5.74, 6) is 0.228. The summed E-state index contributed by atoms with van der Waals surface area (Å²) in [5.41, 5.74) is 7.55. The molecule has 0 spiro atoms. The minimum absolute atomic E-state index is 0.149. The number of hydrogen-bond acceptors (Lipinski definition) is 3. The first kappa shape index (κ1) is 13.6. The summed E-state index contributed by atoms with van der Waals surface area (Å²) < 4.78 is 1.45. The standard InChI is InChI=1S/C13H16N6O/c1-8-4-3-5-9(6-8)17-13(20)18-12-10(11(14)15)7-16-19(12)2/h3-7H,1-2H3,(H3,14,15)(H2,17,18,20). The van der Waals surface area contributed by atoms with Gasteiger partial charge in [-0.2, -0.15) is 5.10 Å². The van der Waals surface area contributed by atoms with Crippen molar-refractivity contribution in [3.63, 3.8) is 0 Å². The molecule has 104 valence electrons. The van der Waals surface area contributed by atoms with Crippen LogP contribution in [0, 0.1) is 12.3 Å². The Morgan fingerprint density at radius 2 is 2.15 bits per heavy atom. The lowest BCUT2D eigenvalue weighted by molar-refractivity contribution is 0.262. The second-order valence-corrected chi connectivity index (χ2v) is 4.39. The van der Waals surface area contributed by atoms with Gasteiger partial charge in [-0.15, -0.1) is 0 Å². The molecule has 0 saturated carbocycles. The number of nitrogens with one attached hydrogen (secondary N) is 3. The number of amidine groups is 1. The van der Waals surface area contributed by atoms with E-state index in [1.165, 1.54) is 10.9 Å². The molecule has 0 aliphatic heterocycles. The minimum Gasteiger partial charge on any atom is -0.384 e. The quantitative estimate of drug-likeness (QED) is 0.504. The molecular weight excluding hydrogens is 256 g/mol. The van der Waals surface area contributed by atoms with Gasteiger partial charge in [0.2, 0.25) is 0 Å². The topological polar surface area (TPSA) is 109 Å². The zero-order valence-corrected chi connectivity index (χ0v) is 11.3. The third-order valence-corrected chi connectivity index (χ3v) is 2.74. The van der Waals surface area contributed by atoms with E-state index in [2.05, 4.69) is 15.7 Å². The van der Waals surface area contributed by atoms with Gasteiger partial charge in [0.25, 0.3) is 0 Å². The summed E-state index contributed by atoms with van der Waals surface area (Å²) in [5, 5.41) is 16.8. The van der Waals surface area contributed by atoms with Crippen LogP contribution in [0.1, 0.15) is 11.1 Å². The van der Waals surface area contributed by atoms with Crippen LogP contribution in [0.2, 0.25) is 0 Å². The number of hydrogen-bond donors (Lipinski definition) is 4. The molecule has 1 heterocycles.